The summed E-state index contributed by atoms with van der Waals surface area (Å²) in [6, 6.07) is 12.7. The van der Waals surface area contributed by atoms with Crippen LogP contribution in [0.2, 0.25) is 0 Å². The van der Waals surface area contributed by atoms with Gasteiger partial charge in [-0.25, -0.2) is 22.9 Å². The van der Waals surface area contributed by atoms with Crippen molar-refractivity contribution in [2.75, 3.05) is 11.8 Å². The number of sulfonamides is 1. The molecule has 1 heterocycles. The number of anilines is 1. The van der Waals surface area contributed by atoms with E-state index in [1.807, 2.05) is 52.8 Å². The number of carbonyl (C=O) groups is 2. The van der Waals surface area contributed by atoms with E-state index in [0.717, 1.165) is 16.7 Å². The van der Waals surface area contributed by atoms with Gasteiger partial charge in [-0.1, -0.05) is 24.3 Å². The van der Waals surface area contributed by atoms with E-state index >= 15 is 0 Å². The number of rotatable bonds is 7. The zero-order valence-corrected chi connectivity index (χ0v) is 26.2. The highest BCUT2D eigenvalue weighted by Gasteiger charge is 2.29. The van der Waals surface area contributed by atoms with Crippen LogP contribution in [0.15, 0.2) is 53.4 Å². The van der Waals surface area contributed by atoms with Crippen LogP contribution in [-0.2, 0) is 14.8 Å². The highest BCUT2D eigenvalue weighted by atomic mass is 32.2. The zero-order chi connectivity index (χ0) is 31.5. The predicted octanol–water partition coefficient (Wildman–Crippen LogP) is 5.17. The van der Waals surface area contributed by atoms with Gasteiger partial charge in [-0.2, -0.15) is 4.98 Å². The summed E-state index contributed by atoms with van der Waals surface area (Å²) in [5, 5.41) is 13.1. The summed E-state index contributed by atoms with van der Waals surface area (Å²) in [6.45, 7) is 9.23. The first-order valence-corrected chi connectivity index (χ1v) is 15.7. The summed E-state index contributed by atoms with van der Waals surface area (Å²) in [7, 11) is -2.50. The summed E-state index contributed by atoms with van der Waals surface area (Å²) >= 11 is 0. The van der Waals surface area contributed by atoms with E-state index in [-0.39, 0.29) is 40.3 Å². The fourth-order valence-electron chi connectivity index (χ4n) is 5.25. The largest absolute Gasteiger partial charge is 0.493 e. The third kappa shape index (κ3) is 8.01. The van der Waals surface area contributed by atoms with Crippen LogP contribution in [-0.4, -0.2) is 65.1 Å². The molecule has 11 nitrogen and oxygen atoms in total. The van der Waals surface area contributed by atoms with Gasteiger partial charge < -0.3 is 20.1 Å². The van der Waals surface area contributed by atoms with Gasteiger partial charge in [0, 0.05) is 36.3 Å². The number of hydrogen-bond donors (Lipinski definition) is 3. The summed E-state index contributed by atoms with van der Waals surface area (Å²) < 4.78 is 34.3. The molecule has 0 radical (unpaired) electrons. The lowest BCUT2D eigenvalue weighted by Gasteiger charge is -2.35. The van der Waals surface area contributed by atoms with Gasteiger partial charge in [0.05, 0.1) is 10.6 Å². The number of nitrogens with one attached hydrogen (secondary N) is 2. The van der Waals surface area contributed by atoms with E-state index in [1.165, 1.54) is 24.3 Å². The molecule has 2 aromatic carbocycles. The van der Waals surface area contributed by atoms with Gasteiger partial charge in [0.1, 0.15) is 5.60 Å². The first-order valence-electron chi connectivity index (χ1n) is 14.2. The molecule has 43 heavy (non-hydrogen) atoms. The molecule has 1 aliphatic carbocycles. The smallest absolute Gasteiger partial charge is 0.407 e. The van der Waals surface area contributed by atoms with E-state index in [0.29, 0.717) is 31.4 Å². The van der Waals surface area contributed by atoms with Gasteiger partial charge in [0.15, 0.2) is 0 Å². The molecular formula is C31H39N5O6S. The first kappa shape index (κ1) is 31.7. The Balaban J connectivity index is 1.45. The Labute approximate surface area is 252 Å². The van der Waals surface area contributed by atoms with Crippen LogP contribution in [0.4, 0.5) is 10.7 Å². The molecule has 1 saturated carbocycles. The Hall–Kier alpha value is -4.19. The molecule has 1 fully saturated rings. The monoisotopic (exact) mass is 609 g/mol. The third-order valence-corrected chi connectivity index (χ3v) is 8.68. The minimum Gasteiger partial charge on any atom is -0.493 e. The van der Waals surface area contributed by atoms with Crippen LogP contribution < -0.4 is 10.0 Å². The Morgan fingerprint density at radius 2 is 1.60 bits per heavy atom. The maximum Gasteiger partial charge on any atom is 0.407 e. The zero-order valence-electron chi connectivity index (χ0n) is 25.3. The minimum atomic E-state index is -4.20. The molecule has 3 aromatic rings. The Morgan fingerprint density at radius 3 is 2.23 bits per heavy atom. The van der Waals surface area contributed by atoms with Crippen molar-refractivity contribution in [3.8, 4) is 17.1 Å². The number of benzene rings is 2. The number of aromatic hydroxyl groups is 1. The fourth-order valence-corrected chi connectivity index (χ4v) is 6.24. The van der Waals surface area contributed by atoms with E-state index in [4.69, 9.17) is 4.74 Å². The van der Waals surface area contributed by atoms with Gasteiger partial charge >= 0.3 is 6.09 Å². The molecule has 0 saturated heterocycles. The molecule has 1 aromatic heterocycles. The van der Waals surface area contributed by atoms with Crippen LogP contribution in [0.1, 0.15) is 67.9 Å². The topological polar surface area (TPSA) is 151 Å². The summed E-state index contributed by atoms with van der Waals surface area (Å²) in [4.78, 5) is 35.2. The van der Waals surface area contributed by atoms with E-state index < -0.39 is 21.7 Å². The highest BCUT2D eigenvalue weighted by Crippen LogP contribution is 2.29. The molecular weight excluding hydrogens is 570 g/mol. The predicted molar refractivity (Wildman–Crippen MR) is 163 cm³/mol. The van der Waals surface area contributed by atoms with Crippen LogP contribution in [0.25, 0.3) is 11.3 Å². The first-order chi connectivity index (χ1) is 20.1. The van der Waals surface area contributed by atoms with Crippen molar-refractivity contribution < 1.29 is 27.9 Å². The highest BCUT2D eigenvalue weighted by molar-refractivity contribution is 7.92. The maximum atomic E-state index is 13.4. The second-order valence-corrected chi connectivity index (χ2v) is 13.6. The molecule has 0 spiro atoms. The van der Waals surface area contributed by atoms with Crippen LogP contribution in [0, 0.1) is 13.8 Å². The molecule has 0 bridgehead atoms. The van der Waals surface area contributed by atoms with Crippen molar-refractivity contribution >= 4 is 28.0 Å². The van der Waals surface area contributed by atoms with Gasteiger partial charge in [-0.05, 0) is 89.6 Å². The van der Waals surface area contributed by atoms with Crippen LogP contribution in [0.5, 0.6) is 5.88 Å². The Kier molecular flexibility index (Phi) is 9.29. The van der Waals surface area contributed by atoms with Gasteiger partial charge in [0.2, 0.25) is 11.8 Å². The standard InChI is InChI=1S/C31H39N5O6S/c1-19-9-7-10-20(2)27(19)25-18-26(37)34-29(33-25)35-43(40,41)24-12-8-11-21(17-24)28(38)36(6)23-15-13-22(14-16-23)32-30(39)42-31(3,4)5/h7-12,17-18,22-23H,13-16H2,1-6H3,(H,32,39)(H2,33,34,35,37). The van der Waals surface area contributed by atoms with E-state index in [2.05, 4.69) is 20.0 Å². The molecule has 0 unspecified atom stereocenters. The number of alkyl carbamates (subject to hydrolysis) is 1. The van der Waals surface area contributed by atoms with Crippen molar-refractivity contribution in [2.45, 2.75) is 82.9 Å². The molecule has 3 N–H and O–H groups in total. The molecule has 0 atom stereocenters. The number of carbonyl (C=O) groups excluding carboxylic acids is 2. The average Bonchev–Trinajstić information content (AvgIpc) is 2.91. The number of ether oxygens (including phenoxy) is 1. The van der Waals surface area contributed by atoms with Crippen LogP contribution >= 0.6 is 0 Å². The number of aromatic nitrogens is 2. The quantitative estimate of drug-likeness (QED) is 0.332. The van der Waals surface area contributed by atoms with E-state index in [1.54, 1.807) is 18.0 Å². The molecule has 1 aliphatic rings. The molecule has 4 rings (SSSR count). The van der Waals surface area contributed by atoms with Gasteiger partial charge in [-0.15, -0.1) is 0 Å². The Morgan fingerprint density at radius 1 is 0.977 bits per heavy atom. The number of amides is 2. The lowest BCUT2D eigenvalue weighted by molar-refractivity contribution is 0.0469. The minimum absolute atomic E-state index is 0.0379. The second-order valence-electron chi connectivity index (χ2n) is 11.9. The molecule has 230 valence electrons. The van der Waals surface area contributed by atoms with E-state index in [9.17, 15) is 23.1 Å². The molecule has 0 aliphatic heterocycles. The molecule has 12 heteroatoms. The maximum absolute atomic E-state index is 13.4. The van der Waals surface area contributed by atoms with Crippen molar-refractivity contribution in [1.29, 1.82) is 0 Å². The molecule has 2 amide bonds. The second kappa shape index (κ2) is 12.6. The van der Waals surface area contributed by atoms with Gasteiger partial charge in [0.25, 0.3) is 15.9 Å². The third-order valence-electron chi connectivity index (χ3n) is 7.35. The van der Waals surface area contributed by atoms with Crippen LogP contribution in [0.3, 0.4) is 0 Å². The SMILES string of the molecule is Cc1cccc(C)c1-c1cc(O)nc(NS(=O)(=O)c2cccc(C(=O)N(C)C3CCC(NC(=O)OC(C)(C)C)CC3)c2)n1. The normalized spacial score (nSPS) is 17.2. The summed E-state index contributed by atoms with van der Waals surface area (Å²) in [5.41, 5.74) is 2.61. The average molecular weight is 610 g/mol. The summed E-state index contributed by atoms with van der Waals surface area (Å²) in [5.74, 6) is -0.985. The lowest BCUT2D eigenvalue weighted by atomic mass is 9.90. The summed E-state index contributed by atoms with van der Waals surface area (Å²) in [6.07, 6.45) is 2.28. The van der Waals surface area contributed by atoms with Crippen molar-refractivity contribution in [3.63, 3.8) is 0 Å². The van der Waals surface area contributed by atoms with Crippen molar-refractivity contribution in [1.82, 2.24) is 20.2 Å². The Bertz CT molecular complexity index is 1590. The fraction of sp³-hybridized carbons (Fsp3) is 0.419. The van der Waals surface area contributed by atoms with Gasteiger partial charge in [-0.3, -0.25) is 4.79 Å². The number of aryl methyl sites for hydroxylation is 2. The van der Waals surface area contributed by atoms with Crippen molar-refractivity contribution in [3.05, 3.63) is 65.2 Å². The van der Waals surface area contributed by atoms with Crippen molar-refractivity contribution in [2.24, 2.45) is 0 Å². The number of hydrogen-bond acceptors (Lipinski definition) is 8. The number of nitrogens with zero attached hydrogens (tertiary/aromatic N) is 3. The lowest BCUT2D eigenvalue weighted by Crippen LogP contribution is -2.45.